The predicted octanol–water partition coefficient (Wildman–Crippen LogP) is 1.60. The van der Waals surface area contributed by atoms with Crippen LogP contribution in [0.3, 0.4) is 0 Å². The molecule has 5 nitrogen and oxygen atoms in total. The predicted molar refractivity (Wildman–Crippen MR) is 74.0 cm³/mol. The zero-order chi connectivity index (χ0) is 13.8. The number of hydrogen-bond donors (Lipinski definition) is 2. The van der Waals surface area contributed by atoms with Crippen molar-refractivity contribution in [3.05, 3.63) is 47.8 Å². The summed E-state index contributed by atoms with van der Waals surface area (Å²) in [5.74, 6) is -0.234. The second kappa shape index (κ2) is 5.39. The molecule has 0 aliphatic heterocycles. The van der Waals surface area contributed by atoms with Crippen molar-refractivity contribution in [2.45, 2.75) is 6.42 Å². The highest BCUT2D eigenvalue weighted by Crippen LogP contribution is 2.14. The van der Waals surface area contributed by atoms with E-state index in [1.807, 2.05) is 6.07 Å². The molecule has 0 saturated heterocycles. The van der Waals surface area contributed by atoms with E-state index in [0.29, 0.717) is 23.5 Å². The van der Waals surface area contributed by atoms with E-state index in [4.69, 9.17) is 5.73 Å². The first-order valence-corrected chi connectivity index (χ1v) is 5.86. The van der Waals surface area contributed by atoms with Gasteiger partial charge >= 0.3 is 0 Å². The number of amides is 1. The molecular weight excluding hydrogens is 242 g/mol. The number of carbonyl (C=O) groups excluding carboxylic acids is 2. The van der Waals surface area contributed by atoms with Gasteiger partial charge in [0.05, 0.1) is 5.69 Å². The van der Waals surface area contributed by atoms with E-state index >= 15 is 0 Å². The molecule has 3 N–H and O–H groups in total. The van der Waals surface area contributed by atoms with Gasteiger partial charge in [0.2, 0.25) is 0 Å². The maximum Gasteiger partial charge on any atom is 0.272 e. The number of nitrogen functional groups attached to an aromatic ring is 1. The van der Waals surface area contributed by atoms with Crippen LogP contribution in [-0.4, -0.2) is 16.8 Å². The van der Waals surface area contributed by atoms with E-state index in [2.05, 4.69) is 5.32 Å². The highest BCUT2D eigenvalue weighted by molar-refractivity contribution is 6.03. The maximum absolute atomic E-state index is 12.1. The molecular formula is C14H15N3O2. The number of anilines is 2. The molecule has 5 heteroatoms. The van der Waals surface area contributed by atoms with E-state index in [9.17, 15) is 9.59 Å². The molecule has 2 aromatic rings. The van der Waals surface area contributed by atoms with Gasteiger partial charge < -0.3 is 20.4 Å². The lowest BCUT2D eigenvalue weighted by atomic mass is 10.1. The number of carbonyl (C=O) groups is 2. The Morgan fingerprint density at radius 3 is 2.84 bits per heavy atom. The Labute approximate surface area is 111 Å². The molecule has 98 valence electrons. The topological polar surface area (TPSA) is 77.1 Å². The molecule has 1 aromatic heterocycles. The molecule has 1 amide bonds. The van der Waals surface area contributed by atoms with Gasteiger partial charge in [-0.2, -0.15) is 0 Å². The normalized spacial score (nSPS) is 10.2. The van der Waals surface area contributed by atoms with Gasteiger partial charge in [-0.3, -0.25) is 4.79 Å². The zero-order valence-corrected chi connectivity index (χ0v) is 10.6. The minimum Gasteiger partial charge on any atom is -0.397 e. The summed E-state index contributed by atoms with van der Waals surface area (Å²) in [7, 11) is 1.76. The number of aldehydes is 1. The molecule has 0 aliphatic rings. The molecule has 2 rings (SSSR count). The third kappa shape index (κ3) is 3.01. The first kappa shape index (κ1) is 12.9. The van der Waals surface area contributed by atoms with Crippen molar-refractivity contribution in [1.29, 1.82) is 0 Å². The standard InChI is InChI=1S/C14H15N3O2/c1-17-9-11(15)8-13(17)14(19)16-12-4-2-3-10(7-12)5-6-18/h2-4,6-9H,5,15H2,1H3,(H,16,19). The van der Waals surface area contributed by atoms with Crippen molar-refractivity contribution >= 4 is 23.6 Å². The molecule has 0 saturated carbocycles. The number of nitrogens with one attached hydrogen (secondary N) is 1. The second-order valence-electron chi connectivity index (χ2n) is 4.29. The van der Waals surface area contributed by atoms with Crippen LogP contribution in [0, 0.1) is 0 Å². The van der Waals surface area contributed by atoms with E-state index in [1.54, 1.807) is 42.1 Å². The van der Waals surface area contributed by atoms with Gasteiger partial charge in [-0.1, -0.05) is 12.1 Å². The van der Waals surface area contributed by atoms with Crippen molar-refractivity contribution < 1.29 is 9.59 Å². The minimum atomic E-state index is -0.234. The zero-order valence-electron chi connectivity index (χ0n) is 10.6. The highest BCUT2D eigenvalue weighted by Gasteiger charge is 2.11. The number of nitrogens with zero attached hydrogens (tertiary/aromatic N) is 1. The fraction of sp³-hybridized carbons (Fsp3) is 0.143. The maximum atomic E-state index is 12.1. The number of aromatic nitrogens is 1. The lowest BCUT2D eigenvalue weighted by Gasteiger charge is -2.07. The fourth-order valence-electron chi connectivity index (χ4n) is 1.88. The number of benzene rings is 1. The van der Waals surface area contributed by atoms with Crippen molar-refractivity contribution in [3.8, 4) is 0 Å². The average Bonchev–Trinajstić information content (AvgIpc) is 2.69. The first-order chi connectivity index (χ1) is 9.10. The summed E-state index contributed by atoms with van der Waals surface area (Å²) in [5, 5.41) is 2.78. The van der Waals surface area contributed by atoms with Crippen LogP contribution >= 0.6 is 0 Å². The summed E-state index contributed by atoms with van der Waals surface area (Å²) in [6, 6.07) is 8.81. The highest BCUT2D eigenvalue weighted by atomic mass is 16.2. The molecule has 0 atom stereocenters. The molecule has 1 heterocycles. The van der Waals surface area contributed by atoms with Crippen LogP contribution in [0.5, 0.6) is 0 Å². The van der Waals surface area contributed by atoms with Crippen molar-refractivity contribution in [2.24, 2.45) is 7.05 Å². The quantitative estimate of drug-likeness (QED) is 0.817. The van der Waals surface area contributed by atoms with Crippen LogP contribution in [0.2, 0.25) is 0 Å². The number of hydrogen-bond acceptors (Lipinski definition) is 3. The van der Waals surface area contributed by atoms with Gasteiger partial charge in [0.15, 0.2) is 0 Å². The molecule has 1 aromatic carbocycles. The third-order valence-corrected chi connectivity index (χ3v) is 2.76. The summed E-state index contributed by atoms with van der Waals surface area (Å²) in [6.07, 6.45) is 2.84. The molecule has 0 spiro atoms. The van der Waals surface area contributed by atoms with Crippen molar-refractivity contribution in [1.82, 2.24) is 4.57 Å². The smallest absolute Gasteiger partial charge is 0.272 e. The Kier molecular flexibility index (Phi) is 3.66. The van der Waals surface area contributed by atoms with Crippen LogP contribution < -0.4 is 11.1 Å². The fourth-order valence-corrected chi connectivity index (χ4v) is 1.88. The summed E-state index contributed by atoms with van der Waals surface area (Å²) in [5.41, 5.74) is 8.18. The lowest BCUT2D eigenvalue weighted by Crippen LogP contribution is -2.15. The van der Waals surface area contributed by atoms with Gasteiger partial charge in [0.1, 0.15) is 12.0 Å². The average molecular weight is 257 g/mol. The molecule has 0 bridgehead atoms. The molecule has 0 unspecified atom stereocenters. The van der Waals surface area contributed by atoms with Gasteiger partial charge in [0.25, 0.3) is 5.91 Å². The Hall–Kier alpha value is -2.56. The number of nitrogens with two attached hydrogens (primary N) is 1. The summed E-state index contributed by atoms with van der Waals surface area (Å²) in [4.78, 5) is 22.5. The minimum absolute atomic E-state index is 0.234. The summed E-state index contributed by atoms with van der Waals surface area (Å²) < 4.78 is 1.67. The van der Waals surface area contributed by atoms with Gasteiger partial charge in [-0.15, -0.1) is 0 Å². The van der Waals surface area contributed by atoms with E-state index in [1.165, 1.54) is 0 Å². The molecule has 0 aliphatic carbocycles. The summed E-state index contributed by atoms with van der Waals surface area (Å²) >= 11 is 0. The van der Waals surface area contributed by atoms with Gasteiger partial charge in [-0.25, -0.2) is 0 Å². The summed E-state index contributed by atoms with van der Waals surface area (Å²) in [6.45, 7) is 0. The van der Waals surface area contributed by atoms with Crippen LogP contribution in [0.15, 0.2) is 36.5 Å². The van der Waals surface area contributed by atoms with E-state index in [0.717, 1.165) is 11.8 Å². The SMILES string of the molecule is Cn1cc(N)cc1C(=O)Nc1cccc(CC=O)c1. The van der Waals surface area contributed by atoms with E-state index in [-0.39, 0.29) is 5.91 Å². The number of rotatable bonds is 4. The van der Waals surface area contributed by atoms with E-state index < -0.39 is 0 Å². The second-order valence-corrected chi connectivity index (χ2v) is 4.29. The van der Waals surface area contributed by atoms with Crippen molar-refractivity contribution in [3.63, 3.8) is 0 Å². The van der Waals surface area contributed by atoms with Crippen LogP contribution in [0.25, 0.3) is 0 Å². The largest absolute Gasteiger partial charge is 0.397 e. The Morgan fingerprint density at radius 1 is 1.42 bits per heavy atom. The van der Waals surface area contributed by atoms with Crippen molar-refractivity contribution in [2.75, 3.05) is 11.1 Å². The monoisotopic (exact) mass is 257 g/mol. The Balaban J connectivity index is 2.16. The third-order valence-electron chi connectivity index (χ3n) is 2.76. The van der Waals surface area contributed by atoms with Crippen LogP contribution in [0.4, 0.5) is 11.4 Å². The first-order valence-electron chi connectivity index (χ1n) is 5.86. The number of aryl methyl sites for hydroxylation is 1. The Morgan fingerprint density at radius 2 is 2.21 bits per heavy atom. The molecule has 0 radical (unpaired) electrons. The van der Waals surface area contributed by atoms with Crippen LogP contribution in [-0.2, 0) is 18.3 Å². The molecule has 0 fully saturated rings. The van der Waals surface area contributed by atoms with Gasteiger partial charge in [-0.05, 0) is 23.8 Å². The van der Waals surface area contributed by atoms with Crippen LogP contribution in [0.1, 0.15) is 16.1 Å². The van der Waals surface area contributed by atoms with Gasteiger partial charge in [0, 0.05) is 25.4 Å². The Bertz CT molecular complexity index is 617. The molecule has 19 heavy (non-hydrogen) atoms. The lowest BCUT2D eigenvalue weighted by molar-refractivity contribution is -0.107.